The minimum absolute atomic E-state index is 0.0659. The summed E-state index contributed by atoms with van der Waals surface area (Å²) in [5, 5.41) is 16.3. The van der Waals surface area contributed by atoms with Crippen molar-refractivity contribution >= 4 is 11.7 Å². The van der Waals surface area contributed by atoms with E-state index >= 15 is 0 Å². The number of nitrogens with zero attached hydrogens (tertiary/aromatic N) is 6. The molecule has 4 heterocycles. The lowest BCUT2D eigenvalue weighted by molar-refractivity contribution is -0.120. The standard InChI is InChI=1S/C16H23N7O/c1-11-8-15(21(2)19-11)22-7-5-14(16(22)24)23-10-13(18-20-23)12-4-3-6-17-9-12/h8,10,12,14,17H,3-7,9H2,1-2H3. The zero-order chi connectivity index (χ0) is 16.7. The Kier molecular flexibility index (Phi) is 3.84. The molecule has 2 aliphatic rings. The number of nitrogens with one attached hydrogen (secondary N) is 1. The maximum atomic E-state index is 12.8. The van der Waals surface area contributed by atoms with Crippen LogP contribution in [0.1, 0.15) is 42.6 Å². The van der Waals surface area contributed by atoms with E-state index in [4.69, 9.17) is 0 Å². The van der Waals surface area contributed by atoms with Crippen LogP contribution in [0.2, 0.25) is 0 Å². The normalized spacial score (nSPS) is 24.8. The zero-order valence-corrected chi connectivity index (χ0v) is 14.1. The van der Waals surface area contributed by atoms with E-state index in [0.29, 0.717) is 12.5 Å². The molecule has 24 heavy (non-hydrogen) atoms. The lowest BCUT2D eigenvalue weighted by Gasteiger charge is -2.20. The van der Waals surface area contributed by atoms with Gasteiger partial charge in [-0.15, -0.1) is 5.10 Å². The molecule has 2 saturated heterocycles. The van der Waals surface area contributed by atoms with Crippen molar-refractivity contribution in [3.05, 3.63) is 23.7 Å². The van der Waals surface area contributed by atoms with Crippen molar-refractivity contribution in [1.29, 1.82) is 0 Å². The predicted molar refractivity (Wildman–Crippen MR) is 88.8 cm³/mol. The molecule has 8 heteroatoms. The van der Waals surface area contributed by atoms with Gasteiger partial charge in [0.1, 0.15) is 11.9 Å². The highest BCUT2D eigenvalue weighted by molar-refractivity contribution is 5.97. The second kappa shape index (κ2) is 6.01. The largest absolute Gasteiger partial charge is 0.316 e. The van der Waals surface area contributed by atoms with Crippen LogP contribution in [0.3, 0.4) is 0 Å². The number of amides is 1. The van der Waals surface area contributed by atoms with Gasteiger partial charge < -0.3 is 5.32 Å². The molecular formula is C16H23N7O. The Balaban J connectivity index is 1.52. The van der Waals surface area contributed by atoms with Gasteiger partial charge in [-0.05, 0) is 32.7 Å². The Hall–Kier alpha value is -2.22. The molecule has 0 aromatic carbocycles. The van der Waals surface area contributed by atoms with E-state index in [1.807, 2.05) is 26.2 Å². The van der Waals surface area contributed by atoms with Crippen molar-refractivity contribution in [3.8, 4) is 0 Å². The van der Waals surface area contributed by atoms with E-state index in [1.54, 1.807) is 14.3 Å². The molecule has 2 atom stereocenters. The molecule has 2 unspecified atom stereocenters. The summed E-state index contributed by atoms with van der Waals surface area (Å²) in [5.74, 6) is 1.31. The van der Waals surface area contributed by atoms with Crippen molar-refractivity contribution in [2.75, 3.05) is 24.5 Å². The Morgan fingerprint density at radius 1 is 1.33 bits per heavy atom. The van der Waals surface area contributed by atoms with Crippen LogP contribution < -0.4 is 10.2 Å². The van der Waals surface area contributed by atoms with Gasteiger partial charge in [0.25, 0.3) is 5.91 Å². The average Bonchev–Trinajstić information content (AvgIpc) is 3.27. The average molecular weight is 329 g/mol. The molecular weight excluding hydrogens is 306 g/mol. The third kappa shape index (κ3) is 2.60. The number of hydrogen-bond donors (Lipinski definition) is 1. The van der Waals surface area contributed by atoms with Crippen LogP contribution in [-0.4, -0.2) is 50.3 Å². The summed E-state index contributed by atoms with van der Waals surface area (Å²) in [4.78, 5) is 14.6. The molecule has 2 aromatic rings. The maximum Gasteiger partial charge on any atom is 0.253 e. The maximum absolute atomic E-state index is 12.8. The highest BCUT2D eigenvalue weighted by atomic mass is 16.2. The Morgan fingerprint density at radius 2 is 2.21 bits per heavy atom. The van der Waals surface area contributed by atoms with Crippen molar-refractivity contribution < 1.29 is 4.79 Å². The lowest BCUT2D eigenvalue weighted by Crippen LogP contribution is -2.30. The number of aryl methyl sites for hydroxylation is 2. The molecule has 0 bridgehead atoms. The van der Waals surface area contributed by atoms with Crippen molar-refractivity contribution in [3.63, 3.8) is 0 Å². The molecule has 8 nitrogen and oxygen atoms in total. The Labute approximate surface area is 140 Å². The second-order valence-corrected chi connectivity index (χ2v) is 6.73. The van der Waals surface area contributed by atoms with Gasteiger partial charge in [-0.25, -0.2) is 4.68 Å². The van der Waals surface area contributed by atoms with Gasteiger partial charge in [-0.2, -0.15) is 5.10 Å². The first-order chi connectivity index (χ1) is 11.6. The predicted octanol–water partition coefficient (Wildman–Crippen LogP) is 0.765. The fraction of sp³-hybridized carbons (Fsp3) is 0.625. The van der Waals surface area contributed by atoms with Gasteiger partial charge in [0.15, 0.2) is 0 Å². The first kappa shape index (κ1) is 15.3. The number of hydrogen-bond acceptors (Lipinski definition) is 5. The fourth-order valence-electron chi connectivity index (χ4n) is 3.72. The molecule has 0 radical (unpaired) electrons. The van der Waals surface area contributed by atoms with Crippen LogP contribution in [-0.2, 0) is 11.8 Å². The molecule has 0 saturated carbocycles. The molecule has 2 aromatic heterocycles. The summed E-state index contributed by atoms with van der Waals surface area (Å²) >= 11 is 0. The van der Waals surface area contributed by atoms with Gasteiger partial charge in [-0.3, -0.25) is 14.4 Å². The molecule has 0 aliphatic carbocycles. The summed E-state index contributed by atoms with van der Waals surface area (Å²) in [6, 6.07) is 1.68. The molecule has 1 N–H and O–H groups in total. The second-order valence-electron chi connectivity index (χ2n) is 6.73. The lowest BCUT2D eigenvalue weighted by atomic mass is 9.97. The monoisotopic (exact) mass is 329 g/mol. The van der Waals surface area contributed by atoms with E-state index in [9.17, 15) is 4.79 Å². The number of piperidine rings is 1. The van der Waals surface area contributed by atoms with Crippen molar-refractivity contribution in [2.45, 2.75) is 38.1 Å². The molecule has 1 amide bonds. The summed E-state index contributed by atoms with van der Waals surface area (Å²) in [7, 11) is 1.87. The van der Waals surface area contributed by atoms with Crippen LogP contribution in [0.5, 0.6) is 0 Å². The van der Waals surface area contributed by atoms with Crippen molar-refractivity contribution in [2.24, 2.45) is 7.05 Å². The Bertz CT molecular complexity index is 743. The molecule has 4 rings (SSSR count). The van der Waals surface area contributed by atoms with Crippen LogP contribution in [0.4, 0.5) is 5.82 Å². The van der Waals surface area contributed by atoms with Gasteiger partial charge in [-0.1, -0.05) is 5.21 Å². The highest BCUT2D eigenvalue weighted by Gasteiger charge is 2.36. The SMILES string of the molecule is Cc1cc(N2CCC(n3cc(C4CCCNC4)nn3)C2=O)n(C)n1. The summed E-state index contributed by atoms with van der Waals surface area (Å²) in [6.45, 7) is 4.63. The van der Waals surface area contributed by atoms with Crippen LogP contribution in [0.15, 0.2) is 12.3 Å². The zero-order valence-electron chi connectivity index (χ0n) is 14.1. The topological polar surface area (TPSA) is 80.9 Å². The van der Waals surface area contributed by atoms with Gasteiger partial charge >= 0.3 is 0 Å². The quantitative estimate of drug-likeness (QED) is 0.899. The Morgan fingerprint density at radius 3 is 2.92 bits per heavy atom. The number of rotatable bonds is 3. The van der Waals surface area contributed by atoms with E-state index < -0.39 is 0 Å². The third-order valence-electron chi connectivity index (χ3n) is 4.99. The van der Waals surface area contributed by atoms with Gasteiger partial charge in [0.05, 0.1) is 11.4 Å². The fourth-order valence-corrected chi connectivity index (χ4v) is 3.72. The van der Waals surface area contributed by atoms with Gasteiger partial charge in [0.2, 0.25) is 0 Å². The van der Waals surface area contributed by atoms with E-state index in [-0.39, 0.29) is 11.9 Å². The van der Waals surface area contributed by atoms with E-state index in [0.717, 1.165) is 49.6 Å². The minimum Gasteiger partial charge on any atom is -0.316 e. The minimum atomic E-state index is -0.266. The number of carbonyl (C=O) groups is 1. The summed E-state index contributed by atoms with van der Waals surface area (Å²) in [6.07, 6.45) is 4.99. The van der Waals surface area contributed by atoms with Crippen molar-refractivity contribution in [1.82, 2.24) is 30.1 Å². The smallest absolute Gasteiger partial charge is 0.253 e. The van der Waals surface area contributed by atoms with Gasteiger partial charge in [0, 0.05) is 38.3 Å². The first-order valence-electron chi connectivity index (χ1n) is 8.58. The first-order valence-corrected chi connectivity index (χ1v) is 8.58. The third-order valence-corrected chi connectivity index (χ3v) is 4.99. The van der Waals surface area contributed by atoms with Crippen LogP contribution in [0.25, 0.3) is 0 Å². The molecule has 2 aliphatic heterocycles. The number of aromatic nitrogens is 5. The van der Waals surface area contributed by atoms with E-state index in [1.165, 1.54) is 0 Å². The van der Waals surface area contributed by atoms with E-state index in [2.05, 4.69) is 20.7 Å². The molecule has 128 valence electrons. The van der Waals surface area contributed by atoms with Crippen LogP contribution >= 0.6 is 0 Å². The highest BCUT2D eigenvalue weighted by Crippen LogP contribution is 2.29. The number of anilines is 1. The number of carbonyl (C=O) groups excluding carboxylic acids is 1. The molecule has 0 spiro atoms. The molecule has 2 fully saturated rings. The summed E-state index contributed by atoms with van der Waals surface area (Å²) in [5.41, 5.74) is 1.90. The summed E-state index contributed by atoms with van der Waals surface area (Å²) < 4.78 is 3.51. The van der Waals surface area contributed by atoms with Crippen LogP contribution in [0, 0.1) is 6.92 Å².